The molecule has 0 spiro atoms. The van der Waals surface area contributed by atoms with Gasteiger partial charge < -0.3 is 15.6 Å². The predicted octanol–water partition coefficient (Wildman–Crippen LogP) is 2.40. The molecule has 0 saturated heterocycles. The van der Waals surface area contributed by atoms with Gasteiger partial charge in [0, 0.05) is 12.0 Å². The van der Waals surface area contributed by atoms with Gasteiger partial charge >= 0.3 is 0 Å². The van der Waals surface area contributed by atoms with Crippen LogP contribution in [-0.4, -0.2) is 18.8 Å². The van der Waals surface area contributed by atoms with Crippen LogP contribution in [0.4, 0.5) is 0 Å². The first-order valence-corrected chi connectivity index (χ1v) is 6.13. The van der Waals surface area contributed by atoms with Crippen molar-refractivity contribution in [2.45, 2.75) is 38.5 Å². The number of benzene rings is 1. The summed E-state index contributed by atoms with van der Waals surface area (Å²) in [6.45, 7) is 4.72. The van der Waals surface area contributed by atoms with E-state index < -0.39 is 0 Å². The largest absolute Gasteiger partial charge is 0.504 e. The van der Waals surface area contributed by atoms with Crippen molar-refractivity contribution in [1.29, 1.82) is 0 Å². The molecule has 1 fully saturated rings. The van der Waals surface area contributed by atoms with Crippen LogP contribution >= 0.6 is 0 Å². The smallest absolute Gasteiger partial charge is 0.163 e. The van der Waals surface area contributed by atoms with Crippen molar-refractivity contribution in [3.05, 3.63) is 22.8 Å². The summed E-state index contributed by atoms with van der Waals surface area (Å²) in [4.78, 5) is 0. The van der Waals surface area contributed by atoms with Crippen molar-refractivity contribution in [3.8, 4) is 11.5 Å². The first-order chi connectivity index (χ1) is 8.05. The summed E-state index contributed by atoms with van der Waals surface area (Å²) in [6.07, 6.45) is 3.47. The Morgan fingerprint density at radius 1 is 1.35 bits per heavy atom. The van der Waals surface area contributed by atoms with Crippen LogP contribution in [0.2, 0.25) is 0 Å². The number of phenolic OH excluding ortho intramolecular Hbond substituents is 1. The first kappa shape index (κ1) is 12.2. The maximum atomic E-state index is 10.0. The fourth-order valence-electron chi connectivity index (χ4n) is 2.87. The summed E-state index contributed by atoms with van der Waals surface area (Å²) in [5, 5.41) is 10.0. The van der Waals surface area contributed by atoms with E-state index in [1.54, 1.807) is 7.11 Å². The lowest BCUT2D eigenvalue weighted by atomic mass is 9.63. The number of hydrogen-bond donors (Lipinski definition) is 2. The predicted molar refractivity (Wildman–Crippen MR) is 68.7 cm³/mol. The lowest BCUT2D eigenvalue weighted by molar-refractivity contribution is 0.250. The standard InChI is InChI=1S/C14H21NO2/c1-9-10(2)13(17-3)12(16)7-11(9)14(8-15)5-4-6-14/h7,16H,4-6,8,15H2,1-3H3. The zero-order chi connectivity index (χ0) is 12.6. The second-order valence-corrected chi connectivity index (χ2v) is 5.06. The van der Waals surface area contributed by atoms with Crippen LogP contribution in [0.3, 0.4) is 0 Å². The Labute approximate surface area is 103 Å². The molecule has 0 aromatic heterocycles. The number of nitrogens with two attached hydrogens (primary N) is 1. The molecule has 1 aliphatic rings. The van der Waals surface area contributed by atoms with Gasteiger partial charge in [0.1, 0.15) is 0 Å². The van der Waals surface area contributed by atoms with Gasteiger partial charge in [-0.2, -0.15) is 0 Å². The molecule has 0 atom stereocenters. The van der Waals surface area contributed by atoms with Crippen LogP contribution < -0.4 is 10.5 Å². The van der Waals surface area contributed by atoms with E-state index in [4.69, 9.17) is 10.5 Å². The SMILES string of the molecule is COc1c(O)cc(C2(CN)CCC2)c(C)c1C. The molecule has 1 aromatic carbocycles. The fourth-order valence-corrected chi connectivity index (χ4v) is 2.87. The van der Waals surface area contributed by atoms with E-state index in [0.29, 0.717) is 12.3 Å². The molecular weight excluding hydrogens is 214 g/mol. The Kier molecular flexibility index (Phi) is 3.04. The molecule has 94 valence electrons. The Hall–Kier alpha value is -1.22. The van der Waals surface area contributed by atoms with Crippen LogP contribution in [0.1, 0.15) is 36.0 Å². The Bertz CT molecular complexity index is 431. The Balaban J connectivity index is 2.56. The quantitative estimate of drug-likeness (QED) is 0.845. The molecule has 0 heterocycles. The average Bonchev–Trinajstić information content (AvgIpc) is 2.25. The molecule has 1 aromatic rings. The van der Waals surface area contributed by atoms with Gasteiger partial charge in [-0.05, 0) is 49.4 Å². The summed E-state index contributed by atoms with van der Waals surface area (Å²) in [6, 6.07) is 1.84. The second kappa shape index (κ2) is 4.22. The minimum atomic E-state index is 0.0819. The van der Waals surface area contributed by atoms with Crippen LogP contribution in [0.25, 0.3) is 0 Å². The molecule has 0 unspecified atom stereocenters. The molecule has 3 nitrogen and oxygen atoms in total. The van der Waals surface area contributed by atoms with E-state index in [0.717, 1.165) is 18.4 Å². The average molecular weight is 235 g/mol. The third kappa shape index (κ3) is 1.69. The van der Waals surface area contributed by atoms with E-state index in [1.165, 1.54) is 17.5 Å². The molecule has 1 saturated carbocycles. The van der Waals surface area contributed by atoms with Gasteiger partial charge in [-0.25, -0.2) is 0 Å². The van der Waals surface area contributed by atoms with Gasteiger partial charge in [-0.15, -0.1) is 0 Å². The van der Waals surface area contributed by atoms with Crippen molar-refractivity contribution in [2.75, 3.05) is 13.7 Å². The van der Waals surface area contributed by atoms with E-state index >= 15 is 0 Å². The van der Waals surface area contributed by atoms with Crippen LogP contribution in [-0.2, 0) is 5.41 Å². The number of hydrogen-bond acceptors (Lipinski definition) is 3. The third-order valence-corrected chi connectivity index (χ3v) is 4.30. The van der Waals surface area contributed by atoms with Gasteiger partial charge in [0.05, 0.1) is 7.11 Å². The van der Waals surface area contributed by atoms with Gasteiger partial charge in [-0.1, -0.05) is 6.42 Å². The summed E-state index contributed by atoms with van der Waals surface area (Å²) in [7, 11) is 1.59. The first-order valence-electron chi connectivity index (χ1n) is 6.13. The Morgan fingerprint density at radius 3 is 2.41 bits per heavy atom. The lowest BCUT2D eigenvalue weighted by Gasteiger charge is -2.43. The number of aromatic hydroxyl groups is 1. The molecular formula is C14H21NO2. The van der Waals surface area contributed by atoms with Crippen molar-refractivity contribution in [2.24, 2.45) is 5.73 Å². The highest BCUT2D eigenvalue weighted by atomic mass is 16.5. The van der Waals surface area contributed by atoms with E-state index in [2.05, 4.69) is 6.92 Å². The minimum Gasteiger partial charge on any atom is -0.504 e. The summed E-state index contributed by atoms with van der Waals surface area (Å²) in [5.41, 5.74) is 9.42. The van der Waals surface area contributed by atoms with Gasteiger partial charge in [0.25, 0.3) is 0 Å². The number of ether oxygens (including phenoxy) is 1. The third-order valence-electron chi connectivity index (χ3n) is 4.30. The molecule has 0 amide bonds. The van der Waals surface area contributed by atoms with Gasteiger partial charge in [0.15, 0.2) is 11.5 Å². The minimum absolute atomic E-state index is 0.0819. The lowest BCUT2D eigenvalue weighted by Crippen LogP contribution is -2.42. The summed E-state index contributed by atoms with van der Waals surface area (Å²) < 4.78 is 5.23. The topological polar surface area (TPSA) is 55.5 Å². The molecule has 0 radical (unpaired) electrons. The molecule has 0 bridgehead atoms. The highest BCUT2D eigenvalue weighted by Crippen LogP contribution is 2.47. The van der Waals surface area contributed by atoms with Gasteiger partial charge in [0.2, 0.25) is 0 Å². The van der Waals surface area contributed by atoms with E-state index in [1.807, 2.05) is 13.0 Å². The highest BCUT2D eigenvalue weighted by molar-refractivity contribution is 5.55. The van der Waals surface area contributed by atoms with Gasteiger partial charge in [-0.3, -0.25) is 0 Å². The number of methoxy groups -OCH3 is 1. The monoisotopic (exact) mass is 235 g/mol. The molecule has 1 aliphatic carbocycles. The van der Waals surface area contributed by atoms with Crippen LogP contribution in [0.15, 0.2) is 6.07 Å². The van der Waals surface area contributed by atoms with E-state index in [-0.39, 0.29) is 11.2 Å². The van der Waals surface area contributed by atoms with Crippen molar-refractivity contribution >= 4 is 0 Å². The Morgan fingerprint density at radius 2 is 2.00 bits per heavy atom. The van der Waals surface area contributed by atoms with Crippen molar-refractivity contribution in [3.63, 3.8) is 0 Å². The highest BCUT2D eigenvalue weighted by Gasteiger charge is 2.39. The molecule has 17 heavy (non-hydrogen) atoms. The maximum absolute atomic E-state index is 10.0. The number of phenols is 1. The second-order valence-electron chi connectivity index (χ2n) is 5.06. The molecule has 3 N–H and O–H groups in total. The fraction of sp³-hybridized carbons (Fsp3) is 0.571. The zero-order valence-corrected chi connectivity index (χ0v) is 10.8. The number of rotatable bonds is 3. The van der Waals surface area contributed by atoms with E-state index in [9.17, 15) is 5.11 Å². The van der Waals surface area contributed by atoms with Crippen molar-refractivity contribution < 1.29 is 9.84 Å². The maximum Gasteiger partial charge on any atom is 0.163 e. The summed E-state index contributed by atoms with van der Waals surface area (Å²) >= 11 is 0. The molecule has 0 aliphatic heterocycles. The van der Waals surface area contributed by atoms with Crippen LogP contribution in [0.5, 0.6) is 11.5 Å². The normalized spacial score (nSPS) is 17.6. The molecule has 2 rings (SSSR count). The summed E-state index contributed by atoms with van der Waals surface area (Å²) in [5.74, 6) is 0.808. The van der Waals surface area contributed by atoms with Crippen molar-refractivity contribution in [1.82, 2.24) is 0 Å². The zero-order valence-electron chi connectivity index (χ0n) is 10.8. The molecule has 3 heteroatoms. The van der Waals surface area contributed by atoms with Crippen LogP contribution in [0, 0.1) is 13.8 Å².